The maximum absolute atomic E-state index is 12.5. The molecule has 0 aliphatic heterocycles. The molecule has 1 amide bonds. The summed E-state index contributed by atoms with van der Waals surface area (Å²) in [7, 11) is 0. The number of unbranched alkanes of at least 4 members (excludes halogenated alkanes) is 34. The van der Waals surface area contributed by atoms with E-state index in [2.05, 4.69) is 67.8 Å². The van der Waals surface area contributed by atoms with Crippen molar-refractivity contribution in [1.29, 1.82) is 0 Å². The highest BCUT2D eigenvalue weighted by molar-refractivity contribution is 5.76. The first-order valence-corrected chi connectivity index (χ1v) is 26.8. The third-order valence-electron chi connectivity index (χ3n) is 12.4. The van der Waals surface area contributed by atoms with Crippen LogP contribution in [-0.4, -0.2) is 34.9 Å². The summed E-state index contributed by atoms with van der Waals surface area (Å²) in [4.78, 5) is 12.5. The Hall–Kier alpha value is -1.65. The van der Waals surface area contributed by atoms with Gasteiger partial charge in [0.15, 0.2) is 0 Å². The van der Waals surface area contributed by atoms with Gasteiger partial charge < -0.3 is 15.5 Å². The molecule has 0 heterocycles. The molecule has 0 aliphatic carbocycles. The van der Waals surface area contributed by atoms with Crippen LogP contribution < -0.4 is 5.32 Å². The lowest BCUT2D eigenvalue weighted by atomic mass is 10.0. The van der Waals surface area contributed by atoms with E-state index in [1.165, 1.54) is 205 Å². The van der Waals surface area contributed by atoms with E-state index in [-0.39, 0.29) is 12.5 Å². The Bertz CT molecular complexity index is 954. The smallest absolute Gasteiger partial charge is 0.220 e. The summed E-state index contributed by atoms with van der Waals surface area (Å²) >= 11 is 0. The van der Waals surface area contributed by atoms with Gasteiger partial charge in [-0.15, -0.1) is 0 Å². The van der Waals surface area contributed by atoms with Crippen molar-refractivity contribution >= 4 is 5.91 Å². The normalized spacial score (nSPS) is 13.2. The van der Waals surface area contributed by atoms with Gasteiger partial charge in [0.25, 0.3) is 0 Å². The third kappa shape index (κ3) is 47.4. The second-order valence-electron chi connectivity index (χ2n) is 18.3. The molecule has 0 saturated heterocycles. The number of nitrogens with one attached hydrogen (secondary N) is 1. The second-order valence-corrected chi connectivity index (χ2v) is 18.3. The van der Waals surface area contributed by atoms with Crippen molar-refractivity contribution in [1.82, 2.24) is 5.32 Å². The highest BCUT2D eigenvalue weighted by Gasteiger charge is 2.20. The molecule has 60 heavy (non-hydrogen) atoms. The van der Waals surface area contributed by atoms with Crippen molar-refractivity contribution in [2.24, 2.45) is 0 Å². The Kier molecular flexibility index (Phi) is 50.3. The molecule has 0 bridgehead atoms. The van der Waals surface area contributed by atoms with Gasteiger partial charge in [-0.2, -0.15) is 0 Å². The second kappa shape index (κ2) is 51.7. The fraction of sp³-hybridized carbons (Fsp3) is 0.839. The van der Waals surface area contributed by atoms with E-state index >= 15 is 0 Å². The molecular weight excluding hydrogens is 735 g/mol. The Labute approximate surface area is 375 Å². The Morgan fingerprint density at radius 1 is 0.417 bits per heavy atom. The van der Waals surface area contributed by atoms with E-state index in [0.29, 0.717) is 12.8 Å². The molecule has 4 heteroatoms. The summed E-state index contributed by atoms with van der Waals surface area (Å²) in [6.07, 6.45) is 70.9. The minimum Gasteiger partial charge on any atom is -0.394 e. The van der Waals surface area contributed by atoms with Crippen LogP contribution in [-0.2, 0) is 4.79 Å². The van der Waals surface area contributed by atoms with Crippen LogP contribution in [0.4, 0.5) is 0 Å². The van der Waals surface area contributed by atoms with Crippen molar-refractivity contribution < 1.29 is 15.0 Å². The van der Waals surface area contributed by atoms with Crippen molar-refractivity contribution in [3.05, 3.63) is 48.6 Å². The maximum Gasteiger partial charge on any atom is 0.220 e. The zero-order valence-electron chi connectivity index (χ0n) is 40.5. The van der Waals surface area contributed by atoms with E-state index in [0.717, 1.165) is 51.4 Å². The highest BCUT2D eigenvalue weighted by atomic mass is 16.3. The summed E-state index contributed by atoms with van der Waals surface area (Å²) in [6, 6.07) is -0.536. The molecule has 2 atom stereocenters. The predicted octanol–water partition coefficient (Wildman–Crippen LogP) is 17.5. The minimum atomic E-state index is -0.659. The fourth-order valence-corrected chi connectivity index (χ4v) is 8.30. The molecule has 0 aromatic heterocycles. The molecule has 4 nitrogen and oxygen atoms in total. The van der Waals surface area contributed by atoms with Crippen LogP contribution in [0.3, 0.4) is 0 Å². The molecule has 0 aromatic rings. The molecule has 0 aromatic carbocycles. The van der Waals surface area contributed by atoms with Crippen molar-refractivity contribution in [2.45, 2.75) is 296 Å². The first-order valence-electron chi connectivity index (χ1n) is 26.8. The van der Waals surface area contributed by atoms with Gasteiger partial charge in [-0.1, -0.05) is 274 Å². The average molecular weight is 840 g/mol. The highest BCUT2D eigenvalue weighted by Crippen LogP contribution is 2.17. The van der Waals surface area contributed by atoms with Gasteiger partial charge in [-0.3, -0.25) is 4.79 Å². The van der Waals surface area contributed by atoms with Crippen LogP contribution in [0, 0.1) is 0 Å². The monoisotopic (exact) mass is 840 g/mol. The lowest BCUT2D eigenvalue weighted by Gasteiger charge is -2.22. The molecule has 0 radical (unpaired) electrons. The number of carbonyl (C=O) groups excluding carboxylic acids is 1. The van der Waals surface area contributed by atoms with Gasteiger partial charge in [-0.05, 0) is 51.4 Å². The SMILES string of the molecule is CC/C=C\C/C=C\C/C=C\C/C=C\CCCCCCCCCCCCCCCCCCCCC(=O)NC(CO)C(O)CCCCCCCCCCCCCCCCCCC. The van der Waals surface area contributed by atoms with Gasteiger partial charge >= 0.3 is 0 Å². The molecule has 0 rings (SSSR count). The number of amides is 1. The molecule has 2 unspecified atom stereocenters. The van der Waals surface area contributed by atoms with Gasteiger partial charge in [0, 0.05) is 6.42 Å². The Morgan fingerprint density at radius 2 is 0.733 bits per heavy atom. The first-order chi connectivity index (χ1) is 29.7. The number of hydrogen-bond donors (Lipinski definition) is 3. The van der Waals surface area contributed by atoms with Gasteiger partial charge in [-0.25, -0.2) is 0 Å². The van der Waals surface area contributed by atoms with Crippen LogP contribution in [0.2, 0.25) is 0 Å². The molecule has 0 aliphatic rings. The lowest BCUT2D eigenvalue weighted by Crippen LogP contribution is -2.45. The predicted molar refractivity (Wildman–Crippen MR) is 267 cm³/mol. The zero-order valence-corrected chi connectivity index (χ0v) is 40.5. The Balaban J connectivity index is 3.44. The van der Waals surface area contributed by atoms with Crippen LogP contribution in [0.15, 0.2) is 48.6 Å². The quantitative estimate of drug-likeness (QED) is 0.0422. The van der Waals surface area contributed by atoms with Crippen molar-refractivity contribution in [3.8, 4) is 0 Å². The van der Waals surface area contributed by atoms with Crippen LogP contribution in [0.25, 0.3) is 0 Å². The standard InChI is InChI=1S/C56H105NO3/c1-3-5-7-9-11-13-15-17-19-21-22-23-24-25-26-27-28-29-30-31-32-33-34-36-38-40-42-44-46-48-50-52-56(60)57-54(53-58)55(59)51-49-47-45-43-41-39-37-35-20-18-16-14-12-10-8-6-4-2/h5,7,11,13,17,19,22-23,54-55,58-59H,3-4,6,8-10,12,14-16,18,20-21,24-53H2,1-2H3,(H,57,60)/b7-5-,13-11-,19-17-,23-22-. The van der Waals surface area contributed by atoms with E-state index in [9.17, 15) is 15.0 Å². The topological polar surface area (TPSA) is 69.6 Å². The summed E-state index contributed by atoms with van der Waals surface area (Å²) < 4.78 is 0. The molecule has 3 N–H and O–H groups in total. The molecule has 0 fully saturated rings. The third-order valence-corrected chi connectivity index (χ3v) is 12.4. The summed E-state index contributed by atoms with van der Waals surface area (Å²) in [5.41, 5.74) is 0. The van der Waals surface area contributed by atoms with E-state index in [4.69, 9.17) is 0 Å². The van der Waals surface area contributed by atoms with Gasteiger partial charge in [0.05, 0.1) is 18.8 Å². The van der Waals surface area contributed by atoms with Crippen LogP contribution >= 0.6 is 0 Å². The van der Waals surface area contributed by atoms with Gasteiger partial charge in [0.2, 0.25) is 5.91 Å². The Morgan fingerprint density at radius 3 is 1.10 bits per heavy atom. The molecule has 0 saturated carbocycles. The first kappa shape index (κ1) is 58.4. The fourth-order valence-electron chi connectivity index (χ4n) is 8.30. The van der Waals surface area contributed by atoms with Gasteiger partial charge in [0.1, 0.15) is 0 Å². The molecule has 352 valence electrons. The van der Waals surface area contributed by atoms with Crippen molar-refractivity contribution in [2.75, 3.05) is 6.61 Å². The number of aliphatic hydroxyl groups is 2. The number of hydrogen-bond acceptors (Lipinski definition) is 3. The van der Waals surface area contributed by atoms with Crippen LogP contribution in [0.5, 0.6) is 0 Å². The summed E-state index contributed by atoms with van der Waals surface area (Å²) in [5.74, 6) is -0.0281. The van der Waals surface area contributed by atoms with E-state index < -0.39 is 12.1 Å². The largest absolute Gasteiger partial charge is 0.394 e. The lowest BCUT2D eigenvalue weighted by molar-refractivity contribution is -0.123. The number of carbonyl (C=O) groups is 1. The number of allylic oxidation sites excluding steroid dienone is 8. The summed E-state index contributed by atoms with van der Waals surface area (Å²) in [5, 5.41) is 23.3. The van der Waals surface area contributed by atoms with E-state index in [1.807, 2.05) is 0 Å². The van der Waals surface area contributed by atoms with Crippen molar-refractivity contribution in [3.63, 3.8) is 0 Å². The number of rotatable bonds is 49. The molecular formula is C56H105NO3. The maximum atomic E-state index is 12.5. The average Bonchev–Trinajstić information content (AvgIpc) is 3.25. The molecule has 0 spiro atoms. The van der Waals surface area contributed by atoms with E-state index in [1.54, 1.807) is 0 Å². The van der Waals surface area contributed by atoms with Crippen LogP contribution in [0.1, 0.15) is 284 Å². The zero-order chi connectivity index (χ0) is 43.5. The number of aliphatic hydroxyl groups excluding tert-OH is 2. The summed E-state index contributed by atoms with van der Waals surface area (Å²) in [6.45, 7) is 4.27. The minimum absolute atomic E-state index is 0.0281.